The van der Waals surface area contributed by atoms with Gasteiger partial charge in [0.1, 0.15) is 5.82 Å². The van der Waals surface area contributed by atoms with Crippen LogP contribution >= 0.6 is 11.6 Å². The minimum Gasteiger partial charge on any atom is -0.348 e. The summed E-state index contributed by atoms with van der Waals surface area (Å²) < 4.78 is 15.9. The number of carbonyl (C=O) groups is 1. The number of halogens is 2. The van der Waals surface area contributed by atoms with Crippen LogP contribution in [0.3, 0.4) is 0 Å². The first-order valence-corrected chi connectivity index (χ1v) is 8.49. The van der Waals surface area contributed by atoms with Crippen LogP contribution in [-0.2, 0) is 6.54 Å². The number of benzene rings is 2. The van der Waals surface area contributed by atoms with E-state index < -0.39 is 0 Å². The Hall–Kier alpha value is -2.59. The van der Waals surface area contributed by atoms with Gasteiger partial charge in [0, 0.05) is 25.0 Å². The van der Waals surface area contributed by atoms with Gasteiger partial charge in [-0.2, -0.15) is 0 Å². The summed E-state index contributed by atoms with van der Waals surface area (Å²) in [5.41, 5.74) is 2.18. The summed E-state index contributed by atoms with van der Waals surface area (Å²) in [6, 6.07) is 17.0. The third-order valence-electron chi connectivity index (χ3n) is 4.57. The average molecular weight is 355 g/mol. The quantitative estimate of drug-likeness (QED) is 0.664. The maximum atomic E-state index is 13.8. The number of hydrogen-bond donors (Lipinski definition) is 0. The minimum absolute atomic E-state index is 0.146. The lowest BCUT2D eigenvalue weighted by molar-refractivity contribution is 0.0664. The summed E-state index contributed by atoms with van der Waals surface area (Å²) in [4.78, 5) is 14.9. The number of nitrogens with zero attached hydrogens (tertiary/aromatic N) is 2. The predicted molar refractivity (Wildman–Crippen MR) is 95.2 cm³/mol. The number of carbonyl (C=O) groups excluding carboxylic acids is 1. The van der Waals surface area contributed by atoms with E-state index >= 15 is 0 Å². The van der Waals surface area contributed by atoms with Crippen LogP contribution in [0.25, 0.3) is 0 Å². The molecule has 0 aliphatic carbocycles. The highest BCUT2D eigenvalue weighted by molar-refractivity contribution is 6.33. The Labute approximate surface area is 150 Å². The zero-order chi connectivity index (χ0) is 17.4. The van der Waals surface area contributed by atoms with Crippen LogP contribution in [-0.4, -0.2) is 21.9 Å². The summed E-state index contributed by atoms with van der Waals surface area (Å²) in [6.07, 6.45) is 1.99. The van der Waals surface area contributed by atoms with Gasteiger partial charge in [-0.05, 0) is 42.0 Å². The summed E-state index contributed by atoms with van der Waals surface area (Å²) in [6.45, 7) is 1.23. The Kier molecular flexibility index (Phi) is 4.06. The molecule has 3 nitrogen and oxygen atoms in total. The van der Waals surface area contributed by atoms with Crippen molar-refractivity contribution in [2.24, 2.45) is 0 Å². The van der Waals surface area contributed by atoms with E-state index in [2.05, 4.69) is 4.57 Å². The fourth-order valence-electron chi connectivity index (χ4n) is 3.42. The van der Waals surface area contributed by atoms with Gasteiger partial charge in [0.2, 0.25) is 0 Å². The minimum atomic E-state index is -0.344. The largest absolute Gasteiger partial charge is 0.348 e. The van der Waals surface area contributed by atoms with Crippen LogP contribution in [0.2, 0.25) is 5.02 Å². The first kappa shape index (κ1) is 15.9. The molecule has 25 heavy (non-hydrogen) atoms. The molecular weight excluding hydrogens is 339 g/mol. The highest BCUT2D eigenvalue weighted by atomic mass is 35.5. The van der Waals surface area contributed by atoms with Gasteiger partial charge in [-0.3, -0.25) is 4.79 Å². The van der Waals surface area contributed by atoms with Gasteiger partial charge in [-0.25, -0.2) is 4.39 Å². The molecule has 1 aliphatic rings. The Morgan fingerprint density at radius 2 is 1.88 bits per heavy atom. The standard InChI is InChI=1S/C20H16ClFN2O/c21-17-8-2-1-7-16(17)20(25)24-12-11-23-10-4-9-18(23)19(24)14-5-3-6-15(22)13-14/h1-10,13,19H,11-12H2. The molecule has 0 bridgehead atoms. The van der Waals surface area contributed by atoms with Crippen molar-refractivity contribution in [2.45, 2.75) is 12.6 Å². The Bertz CT molecular complexity index is 937. The smallest absolute Gasteiger partial charge is 0.256 e. The van der Waals surface area contributed by atoms with Crippen molar-refractivity contribution in [1.29, 1.82) is 0 Å². The third kappa shape index (κ3) is 2.83. The molecule has 2 aromatic carbocycles. The van der Waals surface area contributed by atoms with E-state index in [1.807, 2.05) is 24.4 Å². The van der Waals surface area contributed by atoms with Crippen molar-refractivity contribution in [2.75, 3.05) is 6.54 Å². The number of aromatic nitrogens is 1. The van der Waals surface area contributed by atoms with E-state index in [1.165, 1.54) is 12.1 Å². The lowest BCUT2D eigenvalue weighted by Gasteiger charge is -2.37. The first-order chi connectivity index (χ1) is 12.1. The second kappa shape index (κ2) is 6.37. The highest BCUT2D eigenvalue weighted by Crippen LogP contribution is 2.34. The van der Waals surface area contributed by atoms with E-state index in [0.717, 1.165) is 11.3 Å². The second-order valence-electron chi connectivity index (χ2n) is 6.06. The molecule has 3 aromatic rings. The average Bonchev–Trinajstić information content (AvgIpc) is 3.09. The molecule has 1 aliphatic heterocycles. The molecule has 0 saturated carbocycles. The summed E-state index contributed by atoms with van der Waals surface area (Å²) in [5, 5.41) is 0.423. The Morgan fingerprint density at radius 3 is 2.68 bits per heavy atom. The lowest BCUT2D eigenvalue weighted by atomic mass is 9.98. The van der Waals surface area contributed by atoms with Crippen molar-refractivity contribution in [3.8, 4) is 0 Å². The van der Waals surface area contributed by atoms with E-state index in [9.17, 15) is 9.18 Å². The Morgan fingerprint density at radius 1 is 1.04 bits per heavy atom. The van der Waals surface area contributed by atoms with E-state index in [1.54, 1.807) is 35.2 Å². The predicted octanol–water partition coefficient (Wildman–Crippen LogP) is 4.53. The molecule has 2 heterocycles. The van der Waals surface area contributed by atoms with Crippen molar-refractivity contribution in [3.63, 3.8) is 0 Å². The van der Waals surface area contributed by atoms with Gasteiger partial charge < -0.3 is 9.47 Å². The normalized spacial score (nSPS) is 16.6. The highest BCUT2D eigenvalue weighted by Gasteiger charge is 2.33. The number of hydrogen-bond acceptors (Lipinski definition) is 1. The zero-order valence-electron chi connectivity index (χ0n) is 13.4. The van der Waals surface area contributed by atoms with Gasteiger partial charge in [-0.15, -0.1) is 0 Å². The Balaban J connectivity index is 1.81. The van der Waals surface area contributed by atoms with Gasteiger partial charge in [0.15, 0.2) is 0 Å². The molecular formula is C20H16ClFN2O. The molecule has 0 fully saturated rings. The summed E-state index contributed by atoms with van der Waals surface area (Å²) in [7, 11) is 0. The molecule has 126 valence electrons. The van der Waals surface area contributed by atoms with Crippen LogP contribution in [0.4, 0.5) is 4.39 Å². The fourth-order valence-corrected chi connectivity index (χ4v) is 3.64. The lowest BCUT2D eigenvalue weighted by Crippen LogP contribution is -2.42. The summed E-state index contributed by atoms with van der Waals surface area (Å²) >= 11 is 6.22. The van der Waals surface area contributed by atoms with Crippen LogP contribution in [0.1, 0.15) is 27.7 Å². The number of rotatable bonds is 2. The van der Waals surface area contributed by atoms with Crippen molar-refractivity contribution >= 4 is 17.5 Å². The molecule has 0 saturated heterocycles. The number of fused-ring (bicyclic) bond motifs is 1. The van der Waals surface area contributed by atoms with Crippen molar-refractivity contribution in [1.82, 2.24) is 9.47 Å². The number of amides is 1. The van der Waals surface area contributed by atoms with Crippen LogP contribution in [0, 0.1) is 5.82 Å². The van der Waals surface area contributed by atoms with Gasteiger partial charge in [-0.1, -0.05) is 35.9 Å². The molecule has 1 amide bonds. The molecule has 1 aromatic heterocycles. The first-order valence-electron chi connectivity index (χ1n) is 8.11. The topological polar surface area (TPSA) is 25.2 Å². The monoisotopic (exact) mass is 354 g/mol. The SMILES string of the molecule is O=C(c1ccccc1Cl)N1CCn2cccc2C1c1cccc(F)c1. The van der Waals surface area contributed by atoms with Gasteiger partial charge in [0.25, 0.3) is 5.91 Å². The molecule has 5 heteroatoms. The van der Waals surface area contributed by atoms with Crippen molar-refractivity contribution in [3.05, 3.63) is 94.5 Å². The van der Waals surface area contributed by atoms with Gasteiger partial charge in [0.05, 0.1) is 16.6 Å². The molecule has 0 N–H and O–H groups in total. The summed E-state index contributed by atoms with van der Waals surface area (Å²) in [5.74, 6) is -0.460. The van der Waals surface area contributed by atoms with Crippen LogP contribution in [0.5, 0.6) is 0 Å². The van der Waals surface area contributed by atoms with E-state index in [0.29, 0.717) is 23.7 Å². The van der Waals surface area contributed by atoms with E-state index in [4.69, 9.17) is 11.6 Å². The third-order valence-corrected chi connectivity index (χ3v) is 4.90. The van der Waals surface area contributed by atoms with Crippen molar-refractivity contribution < 1.29 is 9.18 Å². The van der Waals surface area contributed by atoms with E-state index in [-0.39, 0.29) is 17.8 Å². The zero-order valence-corrected chi connectivity index (χ0v) is 14.2. The van der Waals surface area contributed by atoms with Crippen LogP contribution < -0.4 is 0 Å². The second-order valence-corrected chi connectivity index (χ2v) is 6.47. The molecule has 1 atom stereocenters. The fraction of sp³-hybridized carbons (Fsp3) is 0.150. The molecule has 0 radical (unpaired) electrons. The molecule has 1 unspecified atom stereocenters. The maximum absolute atomic E-state index is 13.8. The molecule has 0 spiro atoms. The molecule has 4 rings (SSSR count). The van der Waals surface area contributed by atoms with Crippen LogP contribution in [0.15, 0.2) is 66.9 Å². The van der Waals surface area contributed by atoms with Gasteiger partial charge >= 0.3 is 0 Å². The maximum Gasteiger partial charge on any atom is 0.256 e.